The van der Waals surface area contributed by atoms with Gasteiger partial charge in [0.15, 0.2) is 5.92 Å². The number of esters is 2. The van der Waals surface area contributed by atoms with Crippen LogP contribution in [0.1, 0.15) is 72.1 Å². The number of cyclic esters (lactones) is 1. The standard InChI is InChI=1S/C16H28O4/c1-4-5-6-7-8-9-10-11-12-19-14(17)13-15(18)20-16(13,2)3/h13H,4-12H2,1-3H3/t13-/m0/s1. The molecule has 1 aliphatic heterocycles. The summed E-state index contributed by atoms with van der Waals surface area (Å²) in [7, 11) is 0. The van der Waals surface area contributed by atoms with Crippen molar-refractivity contribution in [2.45, 2.75) is 77.7 Å². The Labute approximate surface area is 122 Å². The summed E-state index contributed by atoms with van der Waals surface area (Å²) >= 11 is 0. The molecule has 0 bridgehead atoms. The van der Waals surface area contributed by atoms with E-state index in [4.69, 9.17) is 9.47 Å². The van der Waals surface area contributed by atoms with Crippen LogP contribution >= 0.6 is 0 Å². The van der Waals surface area contributed by atoms with Gasteiger partial charge in [0.2, 0.25) is 0 Å². The van der Waals surface area contributed by atoms with Crippen molar-refractivity contribution in [3.05, 3.63) is 0 Å². The van der Waals surface area contributed by atoms with Gasteiger partial charge in [-0.25, -0.2) is 0 Å². The van der Waals surface area contributed by atoms with E-state index in [0.29, 0.717) is 6.61 Å². The van der Waals surface area contributed by atoms with E-state index in [2.05, 4.69) is 6.92 Å². The predicted octanol–water partition coefficient (Wildman–Crippen LogP) is 3.62. The van der Waals surface area contributed by atoms with E-state index in [1.807, 2.05) is 0 Å². The maximum Gasteiger partial charge on any atom is 0.325 e. The number of unbranched alkanes of at least 4 members (excludes halogenated alkanes) is 7. The molecule has 116 valence electrons. The van der Waals surface area contributed by atoms with Gasteiger partial charge in [0.1, 0.15) is 5.60 Å². The van der Waals surface area contributed by atoms with Crippen LogP contribution < -0.4 is 0 Å². The van der Waals surface area contributed by atoms with Crippen molar-refractivity contribution in [3.63, 3.8) is 0 Å². The van der Waals surface area contributed by atoms with Gasteiger partial charge in [-0.15, -0.1) is 0 Å². The number of carbonyl (C=O) groups is 2. The molecule has 0 aromatic carbocycles. The molecule has 0 aromatic rings. The van der Waals surface area contributed by atoms with Gasteiger partial charge in [-0.05, 0) is 20.3 Å². The van der Waals surface area contributed by atoms with Crippen LogP contribution in [0.3, 0.4) is 0 Å². The van der Waals surface area contributed by atoms with Gasteiger partial charge >= 0.3 is 11.9 Å². The molecule has 1 fully saturated rings. The van der Waals surface area contributed by atoms with Gasteiger partial charge in [-0.3, -0.25) is 9.59 Å². The first-order chi connectivity index (χ1) is 9.49. The molecule has 0 spiro atoms. The second-order valence-electron chi connectivity index (χ2n) is 6.10. The molecule has 0 saturated carbocycles. The number of hydrogen-bond donors (Lipinski definition) is 0. The van der Waals surface area contributed by atoms with E-state index in [9.17, 15) is 9.59 Å². The molecule has 1 atom stereocenters. The van der Waals surface area contributed by atoms with E-state index >= 15 is 0 Å². The number of hydrogen-bond acceptors (Lipinski definition) is 4. The third-order valence-electron chi connectivity index (χ3n) is 3.77. The van der Waals surface area contributed by atoms with Crippen LogP contribution in [0.5, 0.6) is 0 Å². The zero-order chi connectivity index (χ0) is 15.0. The third kappa shape index (κ3) is 5.14. The van der Waals surface area contributed by atoms with Crippen LogP contribution in [-0.2, 0) is 19.1 Å². The maximum absolute atomic E-state index is 11.7. The summed E-state index contributed by atoms with van der Waals surface area (Å²) in [5, 5.41) is 0. The summed E-state index contributed by atoms with van der Waals surface area (Å²) in [6.45, 7) is 6.09. The zero-order valence-corrected chi connectivity index (χ0v) is 13.1. The van der Waals surface area contributed by atoms with E-state index in [1.165, 1.54) is 38.5 Å². The average molecular weight is 284 g/mol. The van der Waals surface area contributed by atoms with Crippen LogP contribution in [-0.4, -0.2) is 24.1 Å². The van der Waals surface area contributed by atoms with Crippen molar-refractivity contribution in [3.8, 4) is 0 Å². The molecule has 4 heteroatoms. The highest BCUT2D eigenvalue weighted by atomic mass is 16.6. The summed E-state index contributed by atoms with van der Waals surface area (Å²) in [4.78, 5) is 23.0. The first kappa shape index (κ1) is 17.0. The molecule has 1 aliphatic rings. The van der Waals surface area contributed by atoms with Crippen LogP contribution in [0.4, 0.5) is 0 Å². The Morgan fingerprint density at radius 3 is 2.15 bits per heavy atom. The van der Waals surface area contributed by atoms with Crippen molar-refractivity contribution in [2.75, 3.05) is 6.61 Å². The highest BCUT2D eigenvalue weighted by Crippen LogP contribution is 2.34. The lowest BCUT2D eigenvalue weighted by Crippen LogP contribution is -2.57. The summed E-state index contributed by atoms with van der Waals surface area (Å²) in [6, 6.07) is 0. The van der Waals surface area contributed by atoms with Gasteiger partial charge in [0, 0.05) is 0 Å². The normalized spacial score (nSPS) is 20.1. The van der Waals surface area contributed by atoms with E-state index in [1.54, 1.807) is 13.8 Å². The van der Waals surface area contributed by atoms with E-state index < -0.39 is 23.5 Å². The molecule has 0 amide bonds. The minimum absolute atomic E-state index is 0.410. The van der Waals surface area contributed by atoms with E-state index in [0.717, 1.165) is 12.8 Å². The Kier molecular flexibility index (Phi) is 7.03. The predicted molar refractivity (Wildman–Crippen MR) is 77.2 cm³/mol. The van der Waals surface area contributed by atoms with Crippen molar-refractivity contribution in [2.24, 2.45) is 5.92 Å². The Morgan fingerprint density at radius 1 is 1.10 bits per heavy atom. The Morgan fingerprint density at radius 2 is 1.65 bits per heavy atom. The second kappa shape index (κ2) is 8.28. The van der Waals surface area contributed by atoms with Gasteiger partial charge in [0.05, 0.1) is 6.61 Å². The van der Waals surface area contributed by atoms with Crippen LogP contribution in [0, 0.1) is 5.92 Å². The van der Waals surface area contributed by atoms with E-state index in [-0.39, 0.29) is 0 Å². The Hall–Kier alpha value is -1.06. The summed E-state index contributed by atoms with van der Waals surface area (Å²) in [5.41, 5.74) is -0.701. The Balaban J connectivity index is 1.99. The fourth-order valence-electron chi connectivity index (χ4n) is 2.47. The van der Waals surface area contributed by atoms with Crippen molar-refractivity contribution in [1.29, 1.82) is 0 Å². The highest BCUT2D eigenvalue weighted by Gasteiger charge is 2.55. The molecule has 0 unspecified atom stereocenters. The first-order valence-corrected chi connectivity index (χ1v) is 7.88. The second-order valence-corrected chi connectivity index (χ2v) is 6.10. The minimum atomic E-state index is -0.739. The van der Waals surface area contributed by atoms with Crippen molar-refractivity contribution >= 4 is 11.9 Å². The molecule has 1 heterocycles. The molecule has 1 saturated heterocycles. The molecule has 20 heavy (non-hydrogen) atoms. The van der Waals surface area contributed by atoms with Gasteiger partial charge in [0.25, 0.3) is 0 Å². The lowest BCUT2D eigenvalue weighted by atomic mass is 9.85. The number of carbonyl (C=O) groups excluding carboxylic acids is 2. The number of ether oxygens (including phenoxy) is 2. The maximum atomic E-state index is 11.7. The molecule has 1 rings (SSSR count). The molecular weight excluding hydrogens is 256 g/mol. The van der Waals surface area contributed by atoms with Crippen LogP contribution in [0.15, 0.2) is 0 Å². The molecule has 4 nitrogen and oxygen atoms in total. The first-order valence-electron chi connectivity index (χ1n) is 7.88. The molecule has 0 radical (unpaired) electrons. The minimum Gasteiger partial charge on any atom is -0.465 e. The topological polar surface area (TPSA) is 52.6 Å². The summed E-state index contributed by atoms with van der Waals surface area (Å²) in [5.74, 6) is -1.64. The van der Waals surface area contributed by atoms with Gasteiger partial charge in [-0.1, -0.05) is 51.9 Å². The Bertz CT molecular complexity index is 322. The largest absolute Gasteiger partial charge is 0.465 e. The average Bonchev–Trinajstić information content (AvgIpc) is 2.35. The molecule has 0 aliphatic carbocycles. The SMILES string of the molecule is CCCCCCCCCCOC(=O)[C@H]1C(=O)OC1(C)C. The lowest BCUT2D eigenvalue weighted by molar-refractivity contribution is -0.212. The van der Waals surface area contributed by atoms with Crippen molar-refractivity contribution < 1.29 is 19.1 Å². The summed E-state index contributed by atoms with van der Waals surface area (Å²) in [6.07, 6.45) is 9.63. The fraction of sp³-hybridized carbons (Fsp3) is 0.875. The van der Waals surface area contributed by atoms with Gasteiger partial charge in [-0.2, -0.15) is 0 Å². The lowest BCUT2D eigenvalue weighted by Gasteiger charge is -2.40. The van der Waals surface area contributed by atoms with Crippen LogP contribution in [0.25, 0.3) is 0 Å². The quantitative estimate of drug-likeness (QED) is 0.349. The summed E-state index contributed by atoms with van der Waals surface area (Å²) < 4.78 is 10.1. The van der Waals surface area contributed by atoms with Crippen molar-refractivity contribution in [1.82, 2.24) is 0 Å². The number of rotatable bonds is 10. The fourth-order valence-corrected chi connectivity index (χ4v) is 2.47. The smallest absolute Gasteiger partial charge is 0.325 e. The zero-order valence-electron chi connectivity index (χ0n) is 13.1. The molecule has 0 aromatic heterocycles. The highest BCUT2D eigenvalue weighted by molar-refractivity contribution is 6.00. The van der Waals surface area contributed by atoms with Crippen LogP contribution in [0.2, 0.25) is 0 Å². The van der Waals surface area contributed by atoms with Gasteiger partial charge < -0.3 is 9.47 Å². The monoisotopic (exact) mass is 284 g/mol. The molecular formula is C16H28O4. The third-order valence-corrected chi connectivity index (χ3v) is 3.77. The molecule has 0 N–H and O–H groups in total.